The lowest BCUT2D eigenvalue weighted by molar-refractivity contribution is 0.305. The highest BCUT2D eigenvalue weighted by Crippen LogP contribution is 2.27. The first-order chi connectivity index (χ1) is 9.20. The summed E-state index contributed by atoms with van der Waals surface area (Å²) in [6.07, 6.45) is 6.48. The van der Waals surface area contributed by atoms with E-state index < -0.39 is 0 Å². The van der Waals surface area contributed by atoms with Gasteiger partial charge in [0.2, 0.25) is 0 Å². The molecule has 0 amide bonds. The summed E-state index contributed by atoms with van der Waals surface area (Å²) in [6, 6.07) is 7.00. The third-order valence-corrected chi connectivity index (χ3v) is 4.24. The first kappa shape index (κ1) is 14.3. The Balaban J connectivity index is 1.98. The van der Waals surface area contributed by atoms with Crippen LogP contribution in [0, 0.1) is 11.7 Å². The molecule has 1 aliphatic rings. The van der Waals surface area contributed by atoms with Gasteiger partial charge in [-0.05, 0) is 43.9 Å². The molecule has 0 aromatic heterocycles. The van der Waals surface area contributed by atoms with E-state index in [2.05, 4.69) is 11.8 Å². The highest BCUT2D eigenvalue weighted by atomic mass is 19.1. The van der Waals surface area contributed by atoms with Crippen molar-refractivity contribution in [1.29, 1.82) is 0 Å². The van der Waals surface area contributed by atoms with Gasteiger partial charge in [-0.25, -0.2) is 4.39 Å². The Hall–Kier alpha value is -1.09. The second-order valence-electron chi connectivity index (χ2n) is 5.58. The number of halogens is 1. The first-order valence-corrected chi connectivity index (χ1v) is 7.46. The van der Waals surface area contributed by atoms with Gasteiger partial charge in [0.15, 0.2) is 0 Å². The number of likely N-dealkylation sites (N-methyl/N-ethyl adjacent to an activating group) is 1. The lowest BCUT2D eigenvalue weighted by Crippen LogP contribution is -2.43. The summed E-state index contributed by atoms with van der Waals surface area (Å²) in [5.41, 5.74) is 7.30. The predicted molar refractivity (Wildman–Crippen MR) is 78.8 cm³/mol. The molecule has 2 rings (SSSR count). The van der Waals surface area contributed by atoms with Crippen molar-refractivity contribution in [3.05, 3.63) is 30.1 Å². The Bertz CT molecular complexity index is 388. The SMILES string of the molecule is CCN(CC(N)C1CCCCC1)c1cccc(F)c1. The molecule has 0 saturated heterocycles. The molecule has 0 aliphatic heterocycles. The zero-order valence-electron chi connectivity index (χ0n) is 11.8. The topological polar surface area (TPSA) is 29.3 Å². The quantitative estimate of drug-likeness (QED) is 0.881. The molecule has 106 valence electrons. The Morgan fingerprint density at radius 2 is 2.05 bits per heavy atom. The maximum absolute atomic E-state index is 13.3. The van der Waals surface area contributed by atoms with Crippen molar-refractivity contribution in [1.82, 2.24) is 0 Å². The fourth-order valence-electron chi connectivity index (χ4n) is 3.06. The van der Waals surface area contributed by atoms with E-state index in [-0.39, 0.29) is 11.9 Å². The van der Waals surface area contributed by atoms with E-state index >= 15 is 0 Å². The summed E-state index contributed by atoms with van der Waals surface area (Å²) in [4.78, 5) is 2.18. The summed E-state index contributed by atoms with van der Waals surface area (Å²) < 4.78 is 13.3. The number of nitrogens with zero attached hydrogens (tertiary/aromatic N) is 1. The number of hydrogen-bond acceptors (Lipinski definition) is 2. The molecule has 3 heteroatoms. The van der Waals surface area contributed by atoms with Gasteiger partial charge in [0.1, 0.15) is 5.82 Å². The van der Waals surface area contributed by atoms with Crippen molar-refractivity contribution in [2.24, 2.45) is 11.7 Å². The van der Waals surface area contributed by atoms with Crippen LogP contribution in [-0.4, -0.2) is 19.1 Å². The third kappa shape index (κ3) is 3.93. The molecule has 1 unspecified atom stereocenters. The van der Waals surface area contributed by atoms with E-state index in [0.717, 1.165) is 18.8 Å². The van der Waals surface area contributed by atoms with Crippen LogP contribution in [0.25, 0.3) is 0 Å². The van der Waals surface area contributed by atoms with Crippen LogP contribution in [0.5, 0.6) is 0 Å². The Labute approximate surface area is 115 Å². The molecule has 1 fully saturated rings. The van der Waals surface area contributed by atoms with E-state index in [4.69, 9.17) is 5.73 Å². The molecule has 1 aliphatic carbocycles. The van der Waals surface area contributed by atoms with Crippen LogP contribution in [0.1, 0.15) is 39.0 Å². The first-order valence-electron chi connectivity index (χ1n) is 7.46. The van der Waals surface area contributed by atoms with E-state index in [1.54, 1.807) is 12.1 Å². The monoisotopic (exact) mass is 264 g/mol. The minimum absolute atomic E-state index is 0.179. The van der Waals surface area contributed by atoms with E-state index in [1.165, 1.54) is 38.2 Å². The largest absolute Gasteiger partial charge is 0.370 e. The minimum Gasteiger partial charge on any atom is -0.370 e. The maximum atomic E-state index is 13.3. The van der Waals surface area contributed by atoms with Crippen molar-refractivity contribution in [2.75, 3.05) is 18.0 Å². The molecule has 0 heterocycles. The van der Waals surface area contributed by atoms with Gasteiger partial charge in [0.05, 0.1) is 0 Å². The van der Waals surface area contributed by atoms with Crippen LogP contribution in [0.2, 0.25) is 0 Å². The molecule has 19 heavy (non-hydrogen) atoms. The maximum Gasteiger partial charge on any atom is 0.125 e. The van der Waals surface area contributed by atoms with Gasteiger partial charge in [0.25, 0.3) is 0 Å². The zero-order valence-corrected chi connectivity index (χ0v) is 11.8. The standard InChI is InChI=1S/C16H25FN2/c1-2-19(15-10-6-9-14(17)11-15)12-16(18)13-7-4-3-5-8-13/h6,9-11,13,16H,2-5,7-8,12,18H2,1H3. The average Bonchev–Trinajstić information content (AvgIpc) is 2.45. The van der Waals surface area contributed by atoms with Crippen LogP contribution in [0.3, 0.4) is 0 Å². The molecule has 2 N–H and O–H groups in total. The van der Waals surface area contributed by atoms with Gasteiger partial charge in [-0.2, -0.15) is 0 Å². The number of nitrogens with two attached hydrogens (primary N) is 1. The highest BCUT2D eigenvalue weighted by molar-refractivity contribution is 5.46. The van der Waals surface area contributed by atoms with Crippen LogP contribution < -0.4 is 10.6 Å². The summed E-state index contributed by atoms with van der Waals surface area (Å²) in [5, 5.41) is 0. The normalized spacial score (nSPS) is 18.3. The van der Waals surface area contributed by atoms with E-state index in [0.29, 0.717) is 5.92 Å². The second-order valence-corrected chi connectivity index (χ2v) is 5.58. The molecular weight excluding hydrogens is 239 g/mol. The molecule has 1 atom stereocenters. The van der Waals surface area contributed by atoms with Crippen LogP contribution in [0.4, 0.5) is 10.1 Å². The van der Waals surface area contributed by atoms with Crippen molar-refractivity contribution in [3.63, 3.8) is 0 Å². The molecule has 1 aromatic carbocycles. The number of rotatable bonds is 5. The Morgan fingerprint density at radius 1 is 1.32 bits per heavy atom. The molecule has 2 nitrogen and oxygen atoms in total. The molecule has 0 spiro atoms. The Morgan fingerprint density at radius 3 is 2.68 bits per heavy atom. The zero-order chi connectivity index (χ0) is 13.7. The minimum atomic E-state index is -0.179. The van der Waals surface area contributed by atoms with Gasteiger partial charge < -0.3 is 10.6 Å². The molecule has 1 aromatic rings. The number of anilines is 1. The van der Waals surface area contributed by atoms with Crippen LogP contribution in [0.15, 0.2) is 24.3 Å². The summed E-state index contributed by atoms with van der Waals surface area (Å²) in [5.74, 6) is 0.457. The van der Waals surface area contributed by atoms with Crippen molar-refractivity contribution in [3.8, 4) is 0 Å². The summed E-state index contributed by atoms with van der Waals surface area (Å²) in [7, 11) is 0. The molecular formula is C16H25FN2. The Kier molecular flexibility index (Phi) is 5.20. The number of hydrogen-bond donors (Lipinski definition) is 1. The lowest BCUT2D eigenvalue weighted by atomic mass is 9.84. The van der Waals surface area contributed by atoms with Gasteiger partial charge in [0, 0.05) is 24.8 Å². The van der Waals surface area contributed by atoms with Crippen LogP contribution >= 0.6 is 0 Å². The second kappa shape index (κ2) is 6.90. The smallest absolute Gasteiger partial charge is 0.125 e. The average molecular weight is 264 g/mol. The highest BCUT2D eigenvalue weighted by Gasteiger charge is 2.22. The number of benzene rings is 1. The fraction of sp³-hybridized carbons (Fsp3) is 0.625. The van der Waals surface area contributed by atoms with Crippen LogP contribution in [-0.2, 0) is 0 Å². The van der Waals surface area contributed by atoms with Gasteiger partial charge >= 0.3 is 0 Å². The lowest BCUT2D eigenvalue weighted by Gasteiger charge is -2.33. The molecule has 0 radical (unpaired) electrons. The van der Waals surface area contributed by atoms with Gasteiger partial charge in [-0.1, -0.05) is 25.3 Å². The predicted octanol–water partition coefficient (Wildman–Crippen LogP) is 3.56. The molecule has 1 saturated carbocycles. The fourth-order valence-corrected chi connectivity index (χ4v) is 3.06. The van der Waals surface area contributed by atoms with Crippen molar-refractivity contribution < 1.29 is 4.39 Å². The van der Waals surface area contributed by atoms with Crippen molar-refractivity contribution in [2.45, 2.75) is 45.1 Å². The van der Waals surface area contributed by atoms with E-state index in [1.807, 2.05) is 6.07 Å². The molecule has 0 bridgehead atoms. The van der Waals surface area contributed by atoms with Gasteiger partial charge in [-0.3, -0.25) is 0 Å². The van der Waals surface area contributed by atoms with Crippen molar-refractivity contribution >= 4 is 5.69 Å². The van der Waals surface area contributed by atoms with E-state index in [9.17, 15) is 4.39 Å². The third-order valence-electron chi connectivity index (χ3n) is 4.24. The van der Waals surface area contributed by atoms with Gasteiger partial charge in [-0.15, -0.1) is 0 Å². The summed E-state index contributed by atoms with van der Waals surface area (Å²) in [6.45, 7) is 3.78. The summed E-state index contributed by atoms with van der Waals surface area (Å²) >= 11 is 0.